The number of aromatic amines is 1. The average molecular weight is 584 g/mol. The summed E-state index contributed by atoms with van der Waals surface area (Å²) in [6, 6.07) is 3.14. The fourth-order valence-electron chi connectivity index (χ4n) is 6.46. The van der Waals surface area contributed by atoms with E-state index < -0.39 is 79.4 Å². The van der Waals surface area contributed by atoms with Crippen LogP contribution in [-0.2, 0) is 16.6 Å². The maximum Gasteiger partial charge on any atom is 0.260 e. The number of Topliss-reactive ketones (excluding diaryl/α,β-unsaturated/α-hetero) is 3. The Hall–Kier alpha value is -5.79. The van der Waals surface area contributed by atoms with Crippen molar-refractivity contribution in [2.24, 2.45) is 10.1 Å². The van der Waals surface area contributed by atoms with Crippen molar-refractivity contribution in [3.8, 4) is 17.2 Å². The number of nitrogens with one attached hydrogen (secondary N) is 3. The Kier molecular flexibility index (Phi) is 5.38. The maximum absolute atomic E-state index is 14.1. The van der Waals surface area contributed by atoms with Gasteiger partial charge in [-0.25, -0.2) is 10.4 Å². The number of carbonyl (C=O) groups is 4. The number of allylic oxidation sites excluding steroid dienone is 2. The van der Waals surface area contributed by atoms with Gasteiger partial charge in [-0.2, -0.15) is 5.10 Å². The number of aryl methyl sites for hydroxylation is 1. The average Bonchev–Trinajstić information content (AvgIpc) is 3.68. The van der Waals surface area contributed by atoms with E-state index >= 15 is 0 Å². The number of hydrazone groups is 1. The third-order valence-electron chi connectivity index (χ3n) is 8.31. The Morgan fingerprint density at radius 3 is 2.40 bits per heavy atom. The largest absolute Gasteiger partial charge is 0.507 e. The number of ketones is 4. The van der Waals surface area contributed by atoms with E-state index in [4.69, 9.17) is 4.74 Å². The first-order valence-electron chi connectivity index (χ1n) is 13.2. The van der Waals surface area contributed by atoms with Gasteiger partial charge in [0.15, 0.2) is 23.1 Å². The van der Waals surface area contributed by atoms with E-state index in [1.807, 2.05) is 0 Å². The molecule has 14 nitrogen and oxygen atoms in total. The number of hydrogen-bond donors (Lipinski definition) is 6. The minimum atomic E-state index is -2.11. The zero-order valence-corrected chi connectivity index (χ0v) is 22.3. The van der Waals surface area contributed by atoms with Crippen LogP contribution in [-0.4, -0.2) is 75.8 Å². The molecule has 43 heavy (non-hydrogen) atoms. The molecule has 0 bridgehead atoms. The Morgan fingerprint density at radius 1 is 1.00 bits per heavy atom. The summed E-state index contributed by atoms with van der Waals surface area (Å²) in [6.07, 6.45) is 2.14. The van der Waals surface area contributed by atoms with Crippen molar-refractivity contribution in [2.75, 3.05) is 20.2 Å². The molecule has 14 heteroatoms. The number of pyridine rings is 1. The standard InChI is InChI=1S/C29H21N5O9/c1-43-14-8-13(35)16-17(21(14)36)23(38)19-18(22(16)37)25(40)29(26(19)41)3-2-10-6-11-7-12(9-32-34-28-30-4-5-31-28)33-27(42)15(11)24(39)20(10)29/h6-9,37-39H,2-5H2,1H3,(H,33,42)(H2,30,31,34). The van der Waals surface area contributed by atoms with Gasteiger partial charge < -0.3 is 30.4 Å². The molecule has 1 spiro atoms. The Labute approximate surface area is 240 Å². The highest BCUT2D eigenvalue weighted by Gasteiger charge is 2.61. The van der Waals surface area contributed by atoms with Gasteiger partial charge in [-0.3, -0.25) is 24.0 Å². The highest BCUT2D eigenvalue weighted by molar-refractivity contribution is 6.38. The molecule has 3 aromatic rings. The number of aliphatic imine (C=N–C) groups is 1. The number of hydrogen-bond acceptors (Lipinski definition) is 13. The zero-order chi connectivity index (χ0) is 30.4. The molecule has 216 valence electrons. The van der Waals surface area contributed by atoms with Crippen LogP contribution in [0.15, 0.2) is 38.9 Å². The van der Waals surface area contributed by atoms with Gasteiger partial charge >= 0.3 is 0 Å². The summed E-state index contributed by atoms with van der Waals surface area (Å²) in [5, 5.41) is 40.8. The van der Waals surface area contributed by atoms with Gasteiger partial charge in [0.1, 0.15) is 22.7 Å². The van der Waals surface area contributed by atoms with Crippen LogP contribution >= 0.6 is 0 Å². The number of guanidine groups is 1. The van der Waals surface area contributed by atoms with Gasteiger partial charge in [-0.1, -0.05) is 6.07 Å². The minimum absolute atomic E-state index is 0.127. The minimum Gasteiger partial charge on any atom is -0.507 e. The number of benzene rings is 2. The number of aromatic nitrogens is 1. The van der Waals surface area contributed by atoms with Crippen LogP contribution in [0.1, 0.15) is 64.7 Å². The number of carbonyl (C=O) groups excluding carboxylic acids is 4. The lowest BCUT2D eigenvalue weighted by Crippen LogP contribution is -2.36. The fourth-order valence-corrected chi connectivity index (χ4v) is 6.46. The molecule has 1 aromatic heterocycles. The van der Waals surface area contributed by atoms with Gasteiger partial charge in [0.2, 0.25) is 11.7 Å². The first-order chi connectivity index (χ1) is 20.6. The molecule has 1 unspecified atom stereocenters. The Bertz CT molecular complexity index is 2060. The summed E-state index contributed by atoms with van der Waals surface area (Å²) in [5.41, 5.74) is -2.09. The third kappa shape index (κ3) is 3.31. The second-order valence-corrected chi connectivity index (χ2v) is 10.5. The van der Waals surface area contributed by atoms with E-state index in [1.165, 1.54) is 6.21 Å². The van der Waals surface area contributed by atoms with Gasteiger partial charge in [-0.05, 0) is 29.9 Å². The lowest BCUT2D eigenvalue weighted by atomic mass is 9.76. The third-order valence-corrected chi connectivity index (χ3v) is 8.31. The van der Waals surface area contributed by atoms with E-state index in [9.17, 15) is 39.3 Å². The first-order valence-corrected chi connectivity index (χ1v) is 13.2. The van der Waals surface area contributed by atoms with Crippen LogP contribution in [0.3, 0.4) is 0 Å². The summed E-state index contributed by atoms with van der Waals surface area (Å²) in [4.78, 5) is 73.8. The monoisotopic (exact) mass is 583 g/mol. The first kappa shape index (κ1) is 26.1. The number of aromatic hydroxyl groups is 3. The molecule has 0 fully saturated rings. The lowest BCUT2D eigenvalue weighted by Gasteiger charge is -2.22. The predicted molar refractivity (Wildman–Crippen MR) is 149 cm³/mol. The molecular formula is C29H21N5O9. The van der Waals surface area contributed by atoms with Gasteiger partial charge in [-0.15, -0.1) is 0 Å². The summed E-state index contributed by atoms with van der Waals surface area (Å²) >= 11 is 0. The van der Waals surface area contributed by atoms with Crippen molar-refractivity contribution in [2.45, 2.75) is 18.3 Å². The van der Waals surface area contributed by atoms with E-state index in [-0.39, 0.29) is 23.8 Å². The van der Waals surface area contributed by atoms with E-state index in [1.54, 1.807) is 12.1 Å². The molecule has 0 saturated carbocycles. The van der Waals surface area contributed by atoms with E-state index in [2.05, 4.69) is 25.8 Å². The molecule has 2 aromatic carbocycles. The van der Waals surface area contributed by atoms with Crippen molar-refractivity contribution in [3.63, 3.8) is 0 Å². The Balaban J connectivity index is 1.37. The number of nitrogens with zero attached hydrogens (tertiary/aromatic N) is 2. The van der Waals surface area contributed by atoms with E-state index in [0.717, 1.165) is 13.2 Å². The van der Waals surface area contributed by atoms with Crippen molar-refractivity contribution >= 4 is 46.1 Å². The predicted octanol–water partition coefficient (Wildman–Crippen LogP) is 0.700. The Morgan fingerprint density at radius 2 is 1.72 bits per heavy atom. The van der Waals surface area contributed by atoms with Crippen molar-refractivity contribution < 1.29 is 39.2 Å². The van der Waals surface area contributed by atoms with Crippen LogP contribution in [0.5, 0.6) is 17.2 Å². The molecule has 0 amide bonds. The molecule has 0 saturated heterocycles. The van der Waals surface area contributed by atoms with Crippen molar-refractivity contribution in [1.82, 2.24) is 15.7 Å². The number of H-pyrrole nitrogens is 1. The molecular weight excluding hydrogens is 562 g/mol. The summed E-state index contributed by atoms with van der Waals surface area (Å²) < 4.78 is 4.91. The molecule has 4 aliphatic rings. The quantitative estimate of drug-likeness (QED) is 0.109. The summed E-state index contributed by atoms with van der Waals surface area (Å²) in [7, 11) is 1.14. The molecule has 6 N–H and O–H groups in total. The van der Waals surface area contributed by atoms with Crippen LogP contribution in [0.4, 0.5) is 0 Å². The van der Waals surface area contributed by atoms with Gasteiger partial charge in [0.25, 0.3) is 5.56 Å². The summed E-state index contributed by atoms with van der Waals surface area (Å²) in [5.74, 6) is -6.21. The second kappa shape index (κ2) is 8.85. The van der Waals surface area contributed by atoms with Crippen LogP contribution in [0.2, 0.25) is 0 Å². The molecule has 1 aliphatic heterocycles. The number of phenols is 3. The van der Waals surface area contributed by atoms with Gasteiger partial charge in [0.05, 0.1) is 53.2 Å². The maximum atomic E-state index is 14.1. The molecule has 1 atom stereocenters. The zero-order valence-electron chi connectivity index (χ0n) is 22.3. The van der Waals surface area contributed by atoms with Gasteiger partial charge in [0, 0.05) is 18.2 Å². The lowest BCUT2D eigenvalue weighted by molar-refractivity contribution is 0.0790. The topological polar surface area (TPSA) is 220 Å². The van der Waals surface area contributed by atoms with Crippen molar-refractivity contribution in [3.05, 3.63) is 73.4 Å². The number of rotatable bonds is 3. The fraction of sp³-hybridized carbons (Fsp3) is 0.207. The smallest absolute Gasteiger partial charge is 0.260 e. The normalized spacial score (nSPS) is 20.4. The number of methoxy groups -OCH3 is 1. The van der Waals surface area contributed by atoms with Crippen LogP contribution in [0.25, 0.3) is 10.8 Å². The number of ether oxygens (including phenoxy) is 1. The molecule has 7 rings (SSSR count). The van der Waals surface area contributed by atoms with Crippen molar-refractivity contribution in [1.29, 1.82) is 0 Å². The number of phenolic OH excluding ortho intramolecular Hbond substituents is 3. The highest BCUT2D eigenvalue weighted by atomic mass is 16.5. The van der Waals surface area contributed by atoms with Crippen LogP contribution in [0, 0.1) is 0 Å². The van der Waals surface area contributed by atoms with Crippen LogP contribution < -0.4 is 16.3 Å². The molecule has 3 aliphatic carbocycles. The molecule has 2 heterocycles. The summed E-state index contributed by atoms with van der Waals surface area (Å²) in [6.45, 7) is 1.28. The molecule has 0 radical (unpaired) electrons. The number of fused-ring (bicyclic) bond motifs is 5. The second-order valence-electron chi connectivity index (χ2n) is 10.5. The SMILES string of the molecule is COC1=CC(=O)c2c(O)c3c(c(O)c2C1=O)C(=O)C1(CCc2cc4cc(C=NNC5=NCCN5)[nH]c(=O)c4c(O)c21)C3=O. The highest BCUT2D eigenvalue weighted by Crippen LogP contribution is 2.57. The van der Waals surface area contributed by atoms with E-state index in [0.29, 0.717) is 35.7 Å².